The van der Waals surface area contributed by atoms with E-state index in [2.05, 4.69) is 10.6 Å². The average Bonchev–Trinajstić information content (AvgIpc) is 2.43. The lowest BCUT2D eigenvalue weighted by molar-refractivity contribution is -0.137. The van der Waals surface area contributed by atoms with E-state index in [1.165, 1.54) is 7.05 Å². The van der Waals surface area contributed by atoms with Crippen LogP contribution in [0, 0.1) is 0 Å². The molecule has 0 spiro atoms. The topological polar surface area (TPSA) is 61.4 Å². The van der Waals surface area contributed by atoms with Crippen LogP contribution in [0.1, 0.15) is 19.8 Å². The second-order valence-corrected chi connectivity index (χ2v) is 3.86. The van der Waals surface area contributed by atoms with Crippen LogP contribution in [-0.4, -0.2) is 41.5 Å². The molecule has 84 valence electrons. The van der Waals surface area contributed by atoms with Gasteiger partial charge in [0.05, 0.1) is 6.42 Å². The minimum absolute atomic E-state index is 0.171. The Balaban J connectivity index is 2.43. The fraction of sp³-hybridized carbons (Fsp3) is 0.667. The standard InChI is InChI=1S/C9H15N3O2S/c1-3-4-10-9(15)11-6-5-7(13)12(2)8(6)14/h6H,3-5H2,1-2H3,(H2,10,11,15). The third-order valence-electron chi connectivity index (χ3n) is 2.22. The van der Waals surface area contributed by atoms with Crippen LogP contribution in [0.5, 0.6) is 0 Å². The Hall–Kier alpha value is -1.17. The number of likely N-dealkylation sites (tertiary alicyclic amines) is 1. The number of rotatable bonds is 3. The number of hydrogen-bond donors (Lipinski definition) is 2. The summed E-state index contributed by atoms with van der Waals surface area (Å²) in [7, 11) is 1.48. The van der Waals surface area contributed by atoms with Crippen molar-refractivity contribution in [2.75, 3.05) is 13.6 Å². The monoisotopic (exact) mass is 229 g/mol. The van der Waals surface area contributed by atoms with Crippen LogP contribution in [0.2, 0.25) is 0 Å². The molecule has 1 atom stereocenters. The Morgan fingerprint density at radius 3 is 2.73 bits per heavy atom. The van der Waals surface area contributed by atoms with Crippen LogP contribution in [0.15, 0.2) is 0 Å². The quantitative estimate of drug-likeness (QED) is 0.510. The van der Waals surface area contributed by atoms with Crippen molar-refractivity contribution in [3.63, 3.8) is 0 Å². The minimum Gasteiger partial charge on any atom is -0.363 e. The van der Waals surface area contributed by atoms with Crippen molar-refractivity contribution in [3.8, 4) is 0 Å². The molecule has 1 fully saturated rings. The number of nitrogens with zero attached hydrogens (tertiary/aromatic N) is 1. The molecule has 0 bridgehead atoms. The van der Waals surface area contributed by atoms with E-state index < -0.39 is 6.04 Å². The highest BCUT2D eigenvalue weighted by Gasteiger charge is 2.36. The molecule has 1 heterocycles. The molecule has 0 radical (unpaired) electrons. The van der Waals surface area contributed by atoms with Gasteiger partial charge in [-0.25, -0.2) is 0 Å². The highest BCUT2D eigenvalue weighted by Crippen LogP contribution is 2.09. The summed E-state index contributed by atoms with van der Waals surface area (Å²) in [4.78, 5) is 23.8. The summed E-state index contributed by atoms with van der Waals surface area (Å²) in [6.45, 7) is 2.78. The van der Waals surface area contributed by atoms with Crippen molar-refractivity contribution in [2.45, 2.75) is 25.8 Å². The van der Waals surface area contributed by atoms with Crippen molar-refractivity contribution in [1.29, 1.82) is 0 Å². The summed E-state index contributed by atoms with van der Waals surface area (Å²) >= 11 is 4.98. The normalized spacial score (nSPS) is 20.7. The zero-order chi connectivity index (χ0) is 11.4. The van der Waals surface area contributed by atoms with Gasteiger partial charge in [-0.05, 0) is 18.6 Å². The van der Waals surface area contributed by atoms with Crippen LogP contribution in [0.3, 0.4) is 0 Å². The molecular weight excluding hydrogens is 214 g/mol. The molecule has 1 rings (SSSR count). The third-order valence-corrected chi connectivity index (χ3v) is 2.48. The lowest BCUT2D eigenvalue weighted by Crippen LogP contribution is -2.45. The molecule has 0 saturated carbocycles. The van der Waals surface area contributed by atoms with Crippen LogP contribution >= 0.6 is 12.2 Å². The molecule has 0 aromatic carbocycles. The molecule has 6 heteroatoms. The van der Waals surface area contributed by atoms with Crippen molar-refractivity contribution in [3.05, 3.63) is 0 Å². The molecule has 15 heavy (non-hydrogen) atoms. The predicted octanol–water partition coefficient (Wildman–Crippen LogP) is -0.382. The summed E-state index contributed by atoms with van der Waals surface area (Å²) in [6.07, 6.45) is 1.14. The van der Waals surface area contributed by atoms with E-state index in [1.54, 1.807) is 0 Å². The number of carbonyl (C=O) groups is 2. The van der Waals surface area contributed by atoms with Gasteiger partial charge in [0, 0.05) is 13.6 Å². The second-order valence-electron chi connectivity index (χ2n) is 3.45. The molecule has 2 N–H and O–H groups in total. The average molecular weight is 229 g/mol. The zero-order valence-electron chi connectivity index (χ0n) is 8.87. The van der Waals surface area contributed by atoms with Gasteiger partial charge in [0.25, 0.3) is 5.91 Å². The third kappa shape index (κ3) is 2.89. The van der Waals surface area contributed by atoms with E-state index >= 15 is 0 Å². The number of thiocarbonyl (C=S) groups is 1. The number of hydrogen-bond acceptors (Lipinski definition) is 3. The van der Waals surface area contributed by atoms with Crippen LogP contribution in [-0.2, 0) is 9.59 Å². The molecule has 1 aliphatic heterocycles. The Bertz CT molecular complexity index is 293. The molecule has 1 unspecified atom stereocenters. The largest absolute Gasteiger partial charge is 0.363 e. The zero-order valence-corrected chi connectivity index (χ0v) is 9.69. The maximum absolute atomic E-state index is 11.5. The molecular formula is C9H15N3O2S. The fourth-order valence-electron chi connectivity index (χ4n) is 1.32. The number of nitrogens with one attached hydrogen (secondary N) is 2. The lowest BCUT2D eigenvalue weighted by Gasteiger charge is -2.13. The predicted molar refractivity (Wildman–Crippen MR) is 60.2 cm³/mol. The van der Waals surface area contributed by atoms with Gasteiger partial charge >= 0.3 is 0 Å². The fourth-order valence-corrected chi connectivity index (χ4v) is 1.56. The maximum atomic E-state index is 11.5. The molecule has 0 aliphatic carbocycles. The molecule has 1 aliphatic rings. The smallest absolute Gasteiger partial charge is 0.251 e. The number of imide groups is 1. The van der Waals surface area contributed by atoms with Crippen molar-refractivity contribution < 1.29 is 9.59 Å². The first-order chi connectivity index (χ1) is 7.06. The second kappa shape index (κ2) is 5.06. The van der Waals surface area contributed by atoms with Gasteiger partial charge < -0.3 is 10.6 Å². The van der Waals surface area contributed by atoms with Crippen LogP contribution in [0.4, 0.5) is 0 Å². The van der Waals surface area contributed by atoms with Crippen LogP contribution < -0.4 is 10.6 Å². The van der Waals surface area contributed by atoms with Gasteiger partial charge in [-0.3, -0.25) is 14.5 Å². The van der Waals surface area contributed by atoms with E-state index in [-0.39, 0.29) is 18.2 Å². The van der Waals surface area contributed by atoms with Gasteiger partial charge in [-0.1, -0.05) is 6.92 Å². The van der Waals surface area contributed by atoms with Crippen molar-refractivity contribution >= 4 is 29.1 Å². The summed E-state index contributed by atoms with van der Waals surface area (Å²) in [5.41, 5.74) is 0. The summed E-state index contributed by atoms with van der Waals surface area (Å²) in [6, 6.07) is -0.501. The number of carbonyl (C=O) groups excluding carboxylic acids is 2. The van der Waals surface area contributed by atoms with Crippen molar-refractivity contribution in [1.82, 2.24) is 15.5 Å². The SMILES string of the molecule is CCCNC(=S)NC1CC(=O)N(C)C1=O. The Labute approximate surface area is 94.2 Å². The summed E-state index contributed by atoms with van der Waals surface area (Å²) in [5.74, 6) is -0.392. The first-order valence-corrected chi connectivity index (χ1v) is 5.31. The summed E-state index contributed by atoms with van der Waals surface area (Å²) in [5, 5.41) is 6.21. The number of amides is 2. The van der Waals surface area contributed by atoms with Gasteiger partial charge in [0.15, 0.2) is 5.11 Å². The van der Waals surface area contributed by atoms with E-state index in [1.807, 2.05) is 6.92 Å². The van der Waals surface area contributed by atoms with E-state index in [4.69, 9.17) is 12.2 Å². The van der Waals surface area contributed by atoms with Gasteiger partial charge in [-0.15, -0.1) is 0 Å². The molecule has 5 nitrogen and oxygen atoms in total. The van der Waals surface area contributed by atoms with E-state index in [0.717, 1.165) is 17.9 Å². The highest BCUT2D eigenvalue weighted by molar-refractivity contribution is 7.80. The highest BCUT2D eigenvalue weighted by atomic mass is 32.1. The van der Waals surface area contributed by atoms with Gasteiger partial charge in [0.1, 0.15) is 6.04 Å². The Kier molecular flexibility index (Phi) is 4.02. The Morgan fingerprint density at radius 2 is 2.27 bits per heavy atom. The molecule has 2 amide bonds. The molecule has 1 saturated heterocycles. The first-order valence-electron chi connectivity index (χ1n) is 4.91. The van der Waals surface area contributed by atoms with Crippen LogP contribution in [0.25, 0.3) is 0 Å². The minimum atomic E-state index is -0.501. The van der Waals surface area contributed by atoms with E-state index in [9.17, 15) is 9.59 Å². The Morgan fingerprint density at radius 1 is 1.60 bits per heavy atom. The van der Waals surface area contributed by atoms with Gasteiger partial charge in [-0.2, -0.15) is 0 Å². The lowest BCUT2D eigenvalue weighted by atomic mass is 10.2. The first kappa shape index (κ1) is 11.9. The summed E-state index contributed by atoms with van der Waals surface area (Å²) < 4.78 is 0. The van der Waals surface area contributed by atoms with Gasteiger partial charge in [0.2, 0.25) is 5.91 Å². The molecule has 0 aromatic rings. The maximum Gasteiger partial charge on any atom is 0.251 e. The molecule has 0 aromatic heterocycles. The number of likely N-dealkylation sites (N-methyl/N-ethyl adjacent to an activating group) is 1. The van der Waals surface area contributed by atoms with E-state index in [0.29, 0.717) is 5.11 Å². The van der Waals surface area contributed by atoms with Crippen molar-refractivity contribution in [2.24, 2.45) is 0 Å².